The van der Waals surface area contributed by atoms with Crippen molar-refractivity contribution in [3.05, 3.63) is 58.4 Å². The van der Waals surface area contributed by atoms with E-state index in [1.54, 1.807) is 18.2 Å². The van der Waals surface area contributed by atoms with Gasteiger partial charge in [-0.1, -0.05) is 23.7 Å². The molecule has 0 amide bonds. The van der Waals surface area contributed by atoms with Gasteiger partial charge in [0.1, 0.15) is 11.6 Å². The molecular formula is C15H13ClFNO. The fourth-order valence-electron chi connectivity index (χ4n) is 2.48. The Labute approximate surface area is 116 Å². The van der Waals surface area contributed by atoms with Crippen LogP contribution in [0.2, 0.25) is 5.02 Å². The van der Waals surface area contributed by atoms with Gasteiger partial charge in [0.2, 0.25) is 0 Å². The number of phenolic OH excluding ortho intramolecular Hbond substituents is 1. The highest BCUT2D eigenvalue weighted by Crippen LogP contribution is 2.33. The van der Waals surface area contributed by atoms with Gasteiger partial charge in [-0.15, -0.1) is 0 Å². The molecule has 0 aromatic heterocycles. The zero-order valence-electron chi connectivity index (χ0n) is 10.2. The molecule has 4 heteroatoms. The fourth-order valence-corrected chi connectivity index (χ4v) is 2.71. The number of aromatic hydroxyl groups is 1. The van der Waals surface area contributed by atoms with Gasteiger partial charge in [-0.3, -0.25) is 0 Å². The van der Waals surface area contributed by atoms with Gasteiger partial charge >= 0.3 is 0 Å². The number of fused-ring (bicyclic) bond motifs is 1. The summed E-state index contributed by atoms with van der Waals surface area (Å²) in [4.78, 5) is 2.04. The highest BCUT2D eigenvalue weighted by atomic mass is 35.5. The van der Waals surface area contributed by atoms with E-state index in [-0.39, 0.29) is 11.6 Å². The van der Waals surface area contributed by atoms with E-state index in [1.807, 2.05) is 11.0 Å². The van der Waals surface area contributed by atoms with Crippen LogP contribution in [0, 0.1) is 5.82 Å². The van der Waals surface area contributed by atoms with Gasteiger partial charge in [0.05, 0.1) is 0 Å². The van der Waals surface area contributed by atoms with Crippen molar-refractivity contribution >= 4 is 17.3 Å². The Morgan fingerprint density at radius 2 is 2.11 bits per heavy atom. The van der Waals surface area contributed by atoms with Gasteiger partial charge in [0.15, 0.2) is 0 Å². The van der Waals surface area contributed by atoms with E-state index in [9.17, 15) is 9.50 Å². The predicted molar refractivity (Wildman–Crippen MR) is 74.3 cm³/mol. The first-order valence-electron chi connectivity index (χ1n) is 6.15. The second kappa shape index (κ2) is 4.74. The van der Waals surface area contributed by atoms with E-state index in [0.717, 1.165) is 24.2 Å². The molecule has 1 aliphatic heterocycles. The minimum Gasteiger partial charge on any atom is -0.508 e. The van der Waals surface area contributed by atoms with Gasteiger partial charge in [0.25, 0.3) is 0 Å². The van der Waals surface area contributed by atoms with Crippen LogP contribution in [-0.4, -0.2) is 11.7 Å². The maximum absolute atomic E-state index is 13.3. The summed E-state index contributed by atoms with van der Waals surface area (Å²) >= 11 is 6.11. The molecule has 0 saturated heterocycles. The van der Waals surface area contributed by atoms with Crippen LogP contribution in [0.4, 0.5) is 10.1 Å². The first kappa shape index (κ1) is 12.3. The lowest BCUT2D eigenvalue weighted by atomic mass is 10.1. The number of benzene rings is 2. The smallest absolute Gasteiger partial charge is 0.125 e. The molecule has 0 aliphatic carbocycles. The summed E-state index contributed by atoms with van der Waals surface area (Å²) in [7, 11) is 0. The predicted octanol–water partition coefficient (Wildman–Crippen LogP) is 3.75. The second-order valence-electron chi connectivity index (χ2n) is 4.68. The maximum atomic E-state index is 13.3. The van der Waals surface area contributed by atoms with Crippen molar-refractivity contribution in [1.29, 1.82) is 0 Å². The number of phenols is 1. The first-order valence-corrected chi connectivity index (χ1v) is 6.52. The highest BCUT2D eigenvalue weighted by molar-refractivity contribution is 6.31. The molecule has 98 valence electrons. The number of halogens is 2. The molecule has 0 spiro atoms. The molecule has 1 heterocycles. The summed E-state index contributed by atoms with van der Waals surface area (Å²) < 4.78 is 13.3. The van der Waals surface area contributed by atoms with Gasteiger partial charge in [-0.25, -0.2) is 4.39 Å². The molecule has 0 atom stereocenters. The molecule has 3 rings (SSSR count). The Morgan fingerprint density at radius 1 is 1.26 bits per heavy atom. The summed E-state index contributed by atoms with van der Waals surface area (Å²) in [6.45, 7) is 1.30. The van der Waals surface area contributed by atoms with Crippen molar-refractivity contribution in [2.45, 2.75) is 13.0 Å². The first-order chi connectivity index (χ1) is 9.15. The number of anilines is 1. The highest BCUT2D eigenvalue weighted by Gasteiger charge is 2.21. The van der Waals surface area contributed by atoms with Crippen LogP contribution in [0.15, 0.2) is 36.4 Å². The van der Waals surface area contributed by atoms with Crippen LogP contribution in [0.5, 0.6) is 5.75 Å². The third-order valence-corrected chi connectivity index (χ3v) is 3.84. The zero-order valence-corrected chi connectivity index (χ0v) is 11.0. The summed E-state index contributed by atoms with van der Waals surface area (Å²) in [6.07, 6.45) is 0.890. The summed E-state index contributed by atoms with van der Waals surface area (Å²) in [6, 6.07) is 9.91. The van der Waals surface area contributed by atoms with E-state index in [2.05, 4.69) is 0 Å². The van der Waals surface area contributed by atoms with Crippen LogP contribution < -0.4 is 4.90 Å². The van der Waals surface area contributed by atoms with Crippen molar-refractivity contribution in [3.63, 3.8) is 0 Å². The van der Waals surface area contributed by atoms with Crippen molar-refractivity contribution in [2.24, 2.45) is 0 Å². The largest absolute Gasteiger partial charge is 0.508 e. The zero-order chi connectivity index (χ0) is 13.4. The third-order valence-electron chi connectivity index (χ3n) is 3.48. The standard InChI is InChI=1S/C15H13ClFNO/c16-13-2-1-3-15(19)12(13)9-18-7-6-10-4-5-11(17)8-14(10)18/h1-5,8,19H,6-7,9H2. The minimum atomic E-state index is -0.242. The minimum absolute atomic E-state index is 0.178. The second-order valence-corrected chi connectivity index (χ2v) is 5.09. The Kier molecular flexibility index (Phi) is 3.07. The Balaban J connectivity index is 1.93. The van der Waals surface area contributed by atoms with E-state index in [1.165, 1.54) is 12.1 Å². The van der Waals surface area contributed by atoms with Gasteiger partial charge in [-0.05, 0) is 36.2 Å². The van der Waals surface area contributed by atoms with E-state index < -0.39 is 0 Å². The Morgan fingerprint density at radius 3 is 2.89 bits per heavy atom. The SMILES string of the molecule is Oc1cccc(Cl)c1CN1CCc2ccc(F)cc21. The van der Waals surface area contributed by atoms with Gasteiger partial charge < -0.3 is 10.0 Å². The number of rotatable bonds is 2. The molecule has 0 unspecified atom stereocenters. The van der Waals surface area contributed by atoms with Crippen LogP contribution >= 0.6 is 11.6 Å². The molecule has 1 N–H and O–H groups in total. The molecule has 2 aromatic carbocycles. The molecule has 2 aromatic rings. The maximum Gasteiger partial charge on any atom is 0.125 e. The quantitative estimate of drug-likeness (QED) is 0.904. The lowest BCUT2D eigenvalue weighted by Gasteiger charge is -2.20. The molecule has 0 fully saturated rings. The third kappa shape index (κ3) is 2.26. The van der Waals surface area contributed by atoms with E-state index >= 15 is 0 Å². The lowest BCUT2D eigenvalue weighted by molar-refractivity contribution is 0.467. The average molecular weight is 278 g/mol. The topological polar surface area (TPSA) is 23.5 Å². The molecular weight excluding hydrogens is 265 g/mol. The van der Waals surface area contributed by atoms with Crippen molar-refractivity contribution < 1.29 is 9.50 Å². The van der Waals surface area contributed by atoms with Crippen molar-refractivity contribution in [1.82, 2.24) is 0 Å². The van der Waals surface area contributed by atoms with Gasteiger partial charge in [-0.2, -0.15) is 0 Å². The Hall–Kier alpha value is -1.74. The lowest BCUT2D eigenvalue weighted by Crippen LogP contribution is -2.20. The van der Waals surface area contributed by atoms with Crippen molar-refractivity contribution in [3.8, 4) is 5.75 Å². The molecule has 2 nitrogen and oxygen atoms in total. The number of hydrogen-bond donors (Lipinski definition) is 1. The molecule has 0 saturated carbocycles. The van der Waals surface area contributed by atoms with Crippen LogP contribution in [0.1, 0.15) is 11.1 Å². The van der Waals surface area contributed by atoms with Crippen LogP contribution in [0.25, 0.3) is 0 Å². The van der Waals surface area contributed by atoms with Crippen LogP contribution in [0.3, 0.4) is 0 Å². The van der Waals surface area contributed by atoms with Gasteiger partial charge in [0, 0.05) is 29.4 Å². The Bertz CT molecular complexity index is 609. The van der Waals surface area contributed by atoms with E-state index in [4.69, 9.17) is 11.6 Å². The molecule has 0 bridgehead atoms. The number of hydrogen-bond acceptors (Lipinski definition) is 2. The summed E-state index contributed by atoms with van der Waals surface area (Å²) in [5, 5.41) is 10.4. The molecule has 0 radical (unpaired) electrons. The fraction of sp³-hybridized carbons (Fsp3) is 0.200. The monoisotopic (exact) mass is 277 g/mol. The summed E-state index contributed by atoms with van der Waals surface area (Å²) in [5.74, 6) is -0.0635. The number of nitrogens with zero attached hydrogens (tertiary/aromatic N) is 1. The molecule has 19 heavy (non-hydrogen) atoms. The van der Waals surface area contributed by atoms with Crippen LogP contribution in [-0.2, 0) is 13.0 Å². The molecule has 1 aliphatic rings. The van der Waals surface area contributed by atoms with E-state index in [0.29, 0.717) is 17.1 Å². The normalized spacial score (nSPS) is 13.7. The summed E-state index contributed by atoms with van der Waals surface area (Å²) in [5.41, 5.74) is 2.70. The average Bonchev–Trinajstić information content (AvgIpc) is 2.76. The van der Waals surface area contributed by atoms with Crippen molar-refractivity contribution in [2.75, 3.05) is 11.4 Å².